The highest BCUT2D eigenvalue weighted by atomic mass is 35.5. The van der Waals surface area contributed by atoms with Gasteiger partial charge in [-0.25, -0.2) is 5.43 Å². The summed E-state index contributed by atoms with van der Waals surface area (Å²) < 4.78 is 5.89. The number of rotatable bonds is 7. The molecule has 0 aliphatic carbocycles. The van der Waals surface area contributed by atoms with Crippen LogP contribution in [0.4, 0.5) is 5.69 Å². The van der Waals surface area contributed by atoms with Crippen LogP contribution in [0, 0.1) is 0 Å². The zero-order valence-corrected chi connectivity index (χ0v) is 17.1. The summed E-state index contributed by atoms with van der Waals surface area (Å²) >= 11 is 6.18. The maximum atomic E-state index is 12.3. The number of hydrogen-bond donors (Lipinski definition) is 1. The van der Waals surface area contributed by atoms with E-state index in [4.69, 9.17) is 16.3 Å². The molecule has 0 spiro atoms. The van der Waals surface area contributed by atoms with E-state index in [1.165, 1.54) is 0 Å². The molecule has 148 valence electrons. The Morgan fingerprint density at radius 1 is 1.03 bits per heavy atom. The van der Waals surface area contributed by atoms with E-state index in [0.29, 0.717) is 22.9 Å². The third-order valence-corrected chi connectivity index (χ3v) is 4.64. The molecular formula is C23H22ClN3O2. The standard InChI is InChI=1S/C23H22ClN3O2/c1-27(2)20-13-11-17(12-14-20)23(28)26-25-15-18-7-4-6-10-22(18)29-16-19-8-3-5-9-21(19)24/h3-15H,16H2,1-2H3,(H,26,28)/b25-15+. The number of hydrogen-bond acceptors (Lipinski definition) is 4. The van der Waals surface area contributed by atoms with Crippen molar-refractivity contribution in [3.63, 3.8) is 0 Å². The van der Waals surface area contributed by atoms with E-state index < -0.39 is 0 Å². The van der Waals surface area contributed by atoms with Gasteiger partial charge in [-0.05, 0) is 42.5 Å². The molecule has 29 heavy (non-hydrogen) atoms. The predicted octanol–water partition coefficient (Wildman–Crippen LogP) is 4.75. The second-order valence-electron chi connectivity index (χ2n) is 6.56. The summed E-state index contributed by atoms with van der Waals surface area (Å²) in [6, 6.07) is 22.3. The number of halogens is 1. The molecule has 0 bridgehead atoms. The Morgan fingerprint density at radius 3 is 2.45 bits per heavy atom. The number of anilines is 1. The first-order valence-electron chi connectivity index (χ1n) is 9.10. The summed E-state index contributed by atoms with van der Waals surface area (Å²) in [5, 5.41) is 4.73. The van der Waals surface area contributed by atoms with Crippen molar-refractivity contribution in [2.75, 3.05) is 19.0 Å². The number of para-hydroxylation sites is 1. The van der Waals surface area contributed by atoms with Crippen LogP contribution in [0.25, 0.3) is 0 Å². The van der Waals surface area contributed by atoms with Crippen molar-refractivity contribution in [3.8, 4) is 5.75 Å². The van der Waals surface area contributed by atoms with Gasteiger partial charge in [0.05, 0.1) is 6.21 Å². The average molecular weight is 408 g/mol. The van der Waals surface area contributed by atoms with Gasteiger partial charge >= 0.3 is 0 Å². The first-order chi connectivity index (χ1) is 14.0. The molecule has 1 amide bonds. The minimum atomic E-state index is -0.277. The molecule has 0 saturated carbocycles. The monoisotopic (exact) mass is 407 g/mol. The van der Waals surface area contributed by atoms with E-state index >= 15 is 0 Å². The molecule has 0 atom stereocenters. The Morgan fingerprint density at radius 2 is 1.72 bits per heavy atom. The fourth-order valence-electron chi connectivity index (χ4n) is 2.63. The van der Waals surface area contributed by atoms with Gasteiger partial charge in [-0.1, -0.05) is 41.9 Å². The fourth-order valence-corrected chi connectivity index (χ4v) is 2.82. The van der Waals surface area contributed by atoms with Crippen molar-refractivity contribution in [3.05, 3.63) is 94.5 Å². The maximum Gasteiger partial charge on any atom is 0.271 e. The van der Waals surface area contributed by atoms with Crippen LogP contribution in [0.15, 0.2) is 77.9 Å². The van der Waals surface area contributed by atoms with Crippen molar-refractivity contribution >= 4 is 29.4 Å². The van der Waals surface area contributed by atoms with Crippen molar-refractivity contribution in [2.45, 2.75) is 6.61 Å². The van der Waals surface area contributed by atoms with Gasteiger partial charge in [-0.15, -0.1) is 0 Å². The number of hydrazone groups is 1. The molecule has 3 rings (SSSR count). The smallest absolute Gasteiger partial charge is 0.271 e. The van der Waals surface area contributed by atoms with Crippen LogP contribution in [0.2, 0.25) is 5.02 Å². The Balaban J connectivity index is 1.63. The molecule has 5 nitrogen and oxygen atoms in total. The van der Waals surface area contributed by atoms with E-state index in [-0.39, 0.29) is 5.91 Å². The number of carbonyl (C=O) groups excluding carboxylic acids is 1. The lowest BCUT2D eigenvalue weighted by Crippen LogP contribution is -2.18. The van der Waals surface area contributed by atoms with E-state index in [1.54, 1.807) is 18.3 Å². The van der Waals surface area contributed by atoms with Crippen LogP contribution in [0.1, 0.15) is 21.5 Å². The SMILES string of the molecule is CN(C)c1ccc(C(=O)N/N=C/c2ccccc2OCc2ccccc2Cl)cc1. The minimum Gasteiger partial charge on any atom is -0.488 e. The molecule has 1 N–H and O–H groups in total. The summed E-state index contributed by atoms with van der Waals surface area (Å²) in [7, 11) is 3.90. The highest BCUT2D eigenvalue weighted by Crippen LogP contribution is 2.21. The van der Waals surface area contributed by atoms with Gasteiger partial charge in [0.15, 0.2) is 0 Å². The molecule has 0 saturated heterocycles. The molecule has 0 aliphatic heterocycles. The van der Waals surface area contributed by atoms with Crippen LogP contribution in [-0.4, -0.2) is 26.2 Å². The van der Waals surface area contributed by atoms with Gasteiger partial charge in [0, 0.05) is 41.5 Å². The minimum absolute atomic E-state index is 0.277. The van der Waals surface area contributed by atoms with Crippen molar-refractivity contribution in [1.29, 1.82) is 0 Å². The van der Waals surface area contributed by atoms with Crippen LogP contribution in [0.3, 0.4) is 0 Å². The number of ether oxygens (including phenoxy) is 1. The van der Waals surface area contributed by atoms with Crippen LogP contribution in [-0.2, 0) is 6.61 Å². The molecule has 3 aromatic rings. The predicted molar refractivity (Wildman–Crippen MR) is 118 cm³/mol. The fraction of sp³-hybridized carbons (Fsp3) is 0.130. The number of nitrogens with one attached hydrogen (secondary N) is 1. The lowest BCUT2D eigenvalue weighted by atomic mass is 10.2. The van der Waals surface area contributed by atoms with Gasteiger partial charge in [0.1, 0.15) is 12.4 Å². The number of carbonyl (C=O) groups is 1. The van der Waals surface area contributed by atoms with E-state index in [0.717, 1.165) is 16.8 Å². The highest BCUT2D eigenvalue weighted by molar-refractivity contribution is 6.31. The Labute approximate surface area is 175 Å². The van der Waals surface area contributed by atoms with E-state index in [2.05, 4.69) is 10.5 Å². The molecule has 0 heterocycles. The first kappa shape index (κ1) is 20.4. The van der Waals surface area contributed by atoms with Crippen LogP contribution in [0.5, 0.6) is 5.75 Å². The molecule has 0 unspecified atom stereocenters. The summed E-state index contributed by atoms with van der Waals surface area (Å²) in [4.78, 5) is 14.2. The molecule has 0 radical (unpaired) electrons. The molecule has 3 aromatic carbocycles. The quantitative estimate of drug-likeness (QED) is 0.454. The highest BCUT2D eigenvalue weighted by Gasteiger charge is 2.06. The summed E-state index contributed by atoms with van der Waals surface area (Å²) in [6.07, 6.45) is 1.56. The second kappa shape index (κ2) is 9.75. The topological polar surface area (TPSA) is 53.9 Å². The van der Waals surface area contributed by atoms with Gasteiger partial charge in [-0.3, -0.25) is 4.79 Å². The normalized spacial score (nSPS) is 10.7. The Hall–Kier alpha value is -3.31. The molecule has 0 aromatic heterocycles. The number of nitrogens with zero attached hydrogens (tertiary/aromatic N) is 2. The Bertz CT molecular complexity index is 1000. The third-order valence-electron chi connectivity index (χ3n) is 4.28. The summed E-state index contributed by atoms with van der Waals surface area (Å²) in [6.45, 7) is 0.342. The van der Waals surface area contributed by atoms with Crippen LogP contribution >= 0.6 is 11.6 Å². The van der Waals surface area contributed by atoms with E-state index in [1.807, 2.05) is 79.7 Å². The summed E-state index contributed by atoms with van der Waals surface area (Å²) in [5.41, 5.74) is 5.76. The van der Waals surface area contributed by atoms with Gasteiger partial charge < -0.3 is 9.64 Å². The summed E-state index contributed by atoms with van der Waals surface area (Å²) in [5.74, 6) is 0.377. The Kier molecular flexibility index (Phi) is 6.87. The van der Waals surface area contributed by atoms with Crippen molar-refractivity contribution < 1.29 is 9.53 Å². The zero-order chi connectivity index (χ0) is 20.6. The molecule has 6 heteroatoms. The van der Waals surface area contributed by atoms with Crippen molar-refractivity contribution in [2.24, 2.45) is 5.10 Å². The van der Waals surface area contributed by atoms with Crippen molar-refractivity contribution in [1.82, 2.24) is 5.43 Å². The lowest BCUT2D eigenvalue weighted by Gasteiger charge is -2.12. The number of amides is 1. The van der Waals surface area contributed by atoms with Gasteiger partial charge in [0.2, 0.25) is 0 Å². The molecule has 0 fully saturated rings. The molecule has 0 aliphatic rings. The lowest BCUT2D eigenvalue weighted by molar-refractivity contribution is 0.0955. The maximum absolute atomic E-state index is 12.3. The molecular weight excluding hydrogens is 386 g/mol. The largest absolute Gasteiger partial charge is 0.488 e. The van der Waals surface area contributed by atoms with E-state index in [9.17, 15) is 4.79 Å². The second-order valence-corrected chi connectivity index (χ2v) is 6.97. The van der Waals surface area contributed by atoms with Crippen LogP contribution < -0.4 is 15.1 Å². The van der Waals surface area contributed by atoms with Gasteiger partial charge in [-0.2, -0.15) is 5.10 Å². The number of benzene rings is 3. The third kappa shape index (κ3) is 5.59. The average Bonchev–Trinajstić information content (AvgIpc) is 2.74. The van der Waals surface area contributed by atoms with Gasteiger partial charge in [0.25, 0.3) is 5.91 Å². The first-order valence-corrected chi connectivity index (χ1v) is 9.48. The zero-order valence-electron chi connectivity index (χ0n) is 16.3.